The van der Waals surface area contributed by atoms with Crippen molar-refractivity contribution in [1.82, 2.24) is 9.78 Å². The Hall–Kier alpha value is -2.95. The summed E-state index contributed by atoms with van der Waals surface area (Å²) in [6.45, 7) is 0. The number of halogens is 1. The molecule has 1 amide bonds. The van der Waals surface area contributed by atoms with Crippen molar-refractivity contribution in [3.63, 3.8) is 0 Å². The molecule has 0 aliphatic heterocycles. The molecule has 1 N–H and O–H groups in total. The molecule has 2 aromatic carbocycles. The summed E-state index contributed by atoms with van der Waals surface area (Å²) in [4.78, 5) is 12.4. The van der Waals surface area contributed by atoms with Gasteiger partial charge in [0.15, 0.2) is 0 Å². The molecule has 0 bridgehead atoms. The van der Waals surface area contributed by atoms with Crippen LogP contribution in [0, 0.1) is 11.7 Å². The number of hydrogen-bond donors (Lipinski definition) is 1. The number of anilines is 1. The Morgan fingerprint density at radius 2 is 2.04 bits per heavy atom. The van der Waals surface area contributed by atoms with E-state index in [4.69, 9.17) is 0 Å². The van der Waals surface area contributed by atoms with E-state index in [2.05, 4.69) is 10.4 Å². The number of nitrogens with one attached hydrogen (secondary N) is 1. The molecule has 1 fully saturated rings. The van der Waals surface area contributed by atoms with Gasteiger partial charge in [-0.1, -0.05) is 18.2 Å². The van der Waals surface area contributed by atoms with Gasteiger partial charge in [-0.3, -0.25) is 4.79 Å². The molecule has 4 nitrogen and oxygen atoms in total. The third kappa shape index (κ3) is 2.93. The molecule has 120 valence electrons. The van der Waals surface area contributed by atoms with Gasteiger partial charge >= 0.3 is 0 Å². The highest BCUT2D eigenvalue weighted by Crippen LogP contribution is 2.48. The van der Waals surface area contributed by atoms with Crippen molar-refractivity contribution in [2.24, 2.45) is 5.92 Å². The molecule has 1 aliphatic rings. The largest absolute Gasteiger partial charge is 0.326 e. The van der Waals surface area contributed by atoms with Crippen LogP contribution in [0.3, 0.4) is 0 Å². The Morgan fingerprint density at radius 1 is 1.17 bits per heavy atom. The number of amides is 1. The molecule has 5 heteroatoms. The number of benzene rings is 2. The van der Waals surface area contributed by atoms with Crippen LogP contribution >= 0.6 is 0 Å². The lowest BCUT2D eigenvalue weighted by molar-refractivity contribution is -0.117. The third-order valence-corrected chi connectivity index (χ3v) is 4.29. The monoisotopic (exact) mass is 321 g/mol. The smallest absolute Gasteiger partial charge is 0.228 e. The molecule has 0 spiro atoms. The normalized spacial score (nSPS) is 19.0. The maximum absolute atomic E-state index is 13.3. The second kappa shape index (κ2) is 5.92. The van der Waals surface area contributed by atoms with E-state index in [1.807, 2.05) is 42.6 Å². The van der Waals surface area contributed by atoms with Crippen LogP contribution in [0.15, 0.2) is 67.0 Å². The van der Waals surface area contributed by atoms with Crippen molar-refractivity contribution in [3.8, 4) is 5.69 Å². The summed E-state index contributed by atoms with van der Waals surface area (Å²) in [6, 6.07) is 15.9. The minimum Gasteiger partial charge on any atom is -0.326 e. The fourth-order valence-electron chi connectivity index (χ4n) is 2.97. The van der Waals surface area contributed by atoms with Crippen molar-refractivity contribution in [3.05, 3.63) is 78.4 Å². The van der Waals surface area contributed by atoms with E-state index in [9.17, 15) is 9.18 Å². The number of nitrogens with zero attached hydrogens (tertiary/aromatic N) is 2. The van der Waals surface area contributed by atoms with Crippen molar-refractivity contribution >= 4 is 11.6 Å². The molecule has 0 saturated heterocycles. The van der Waals surface area contributed by atoms with Crippen LogP contribution in [0.5, 0.6) is 0 Å². The quantitative estimate of drug-likeness (QED) is 0.795. The van der Waals surface area contributed by atoms with Gasteiger partial charge in [-0.15, -0.1) is 0 Å². The first kappa shape index (κ1) is 14.6. The Labute approximate surface area is 138 Å². The van der Waals surface area contributed by atoms with E-state index in [1.165, 1.54) is 12.1 Å². The lowest BCUT2D eigenvalue weighted by Gasteiger charge is -2.08. The standard InChI is InChI=1S/C19H16FN3O/c20-14-5-1-4-13(10-14)17-12-18(17)19(24)22-15-6-2-7-16(11-15)23-9-3-8-21-23/h1-11,17-18H,12H2,(H,22,24)/t17-,18-/m1/s1. The number of carbonyl (C=O) groups excluding carboxylic acids is 1. The SMILES string of the molecule is O=C(Nc1cccc(-n2cccn2)c1)[C@@H]1C[C@@H]1c1cccc(F)c1. The summed E-state index contributed by atoms with van der Waals surface area (Å²) in [6.07, 6.45) is 4.31. The lowest BCUT2D eigenvalue weighted by atomic mass is 10.1. The highest BCUT2D eigenvalue weighted by atomic mass is 19.1. The first-order valence-corrected chi connectivity index (χ1v) is 7.87. The van der Waals surface area contributed by atoms with Crippen molar-refractivity contribution in [2.75, 3.05) is 5.32 Å². The summed E-state index contributed by atoms with van der Waals surface area (Å²) >= 11 is 0. The van der Waals surface area contributed by atoms with Crippen LogP contribution in [-0.2, 0) is 4.79 Å². The van der Waals surface area contributed by atoms with Gasteiger partial charge in [-0.05, 0) is 54.3 Å². The van der Waals surface area contributed by atoms with E-state index < -0.39 is 0 Å². The van der Waals surface area contributed by atoms with Gasteiger partial charge in [0.25, 0.3) is 0 Å². The maximum Gasteiger partial charge on any atom is 0.228 e. The van der Waals surface area contributed by atoms with Crippen molar-refractivity contribution < 1.29 is 9.18 Å². The molecule has 1 aliphatic carbocycles. The molecule has 0 unspecified atom stereocenters. The highest BCUT2D eigenvalue weighted by Gasteiger charge is 2.44. The van der Waals surface area contributed by atoms with Crippen LogP contribution in [0.25, 0.3) is 5.69 Å². The highest BCUT2D eigenvalue weighted by molar-refractivity contribution is 5.95. The van der Waals surface area contributed by atoms with Gasteiger partial charge in [0.1, 0.15) is 5.82 Å². The molecule has 4 rings (SSSR count). The average Bonchev–Trinajstić information content (AvgIpc) is 3.21. The van der Waals surface area contributed by atoms with Crippen LogP contribution in [-0.4, -0.2) is 15.7 Å². The summed E-state index contributed by atoms with van der Waals surface area (Å²) in [7, 11) is 0. The fraction of sp³-hybridized carbons (Fsp3) is 0.158. The van der Waals surface area contributed by atoms with E-state index in [0.29, 0.717) is 0 Å². The van der Waals surface area contributed by atoms with E-state index in [0.717, 1.165) is 23.4 Å². The molecule has 24 heavy (non-hydrogen) atoms. The van der Waals surface area contributed by atoms with Crippen LogP contribution in [0.1, 0.15) is 17.9 Å². The van der Waals surface area contributed by atoms with E-state index in [-0.39, 0.29) is 23.6 Å². The first-order chi connectivity index (χ1) is 11.7. The molecule has 1 saturated carbocycles. The van der Waals surface area contributed by atoms with Gasteiger partial charge in [0, 0.05) is 24.0 Å². The fourth-order valence-corrected chi connectivity index (χ4v) is 2.97. The molecule has 0 radical (unpaired) electrons. The predicted octanol–water partition coefficient (Wildman–Crippen LogP) is 3.75. The zero-order valence-corrected chi connectivity index (χ0v) is 12.9. The summed E-state index contributed by atoms with van der Waals surface area (Å²) < 4.78 is 15.0. The Morgan fingerprint density at radius 3 is 2.83 bits per heavy atom. The second-order valence-electron chi connectivity index (χ2n) is 5.99. The van der Waals surface area contributed by atoms with E-state index in [1.54, 1.807) is 16.9 Å². The zero-order chi connectivity index (χ0) is 16.5. The minimum atomic E-state index is -0.259. The molecular formula is C19H16FN3O. The number of hydrogen-bond acceptors (Lipinski definition) is 2. The van der Waals surface area contributed by atoms with Gasteiger partial charge in [0.05, 0.1) is 5.69 Å². The van der Waals surface area contributed by atoms with Crippen molar-refractivity contribution in [1.29, 1.82) is 0 Å². The zero-order valence-electron chi connectivity index (χ0n) is 12.9. The topological polar surface area (TPSA) is 46.9 Å². The maximum atomic E-state index is 13.3. The molecular weight excluding hydrogens is 305 g/mol. The third-order valence-electron chi connectivity index (χ3n) is 4.29. The summed E-state index contributed by atoms with van der Waals surface area (Å²) in [5.41, 5.74) is 2.51. The summed E-state index contributed by atoms with van der Waals surface area (Å²) in [5, 5.41) is 7.13. The molecule has 3 aromatic rings. The molecule has 2 atom stereocenters. The van der Waals surface area contributed by atoms with Gasteiger partial charge in [0.2, 0.25) is 5.91 Å². The number of rotatable bonds is 4. The van der Waals surface area contributed by atoms with Gasteiger partial charge in [-0.2, -0.15) is 5.10 Å². The molecule has 1 heterocycles. The van der Waals surface area contributed by atoms with E-state index >= 15 is 0 Å². The second-order valence-corrected chi connectivity index (χ2v) is 5.99. The van der Waals surface area contributed by atoms with Gasteiger partial charge in [-0.25, -0.2) is 9.07 Å². The Kier molecular flexibility index (Phi) is 3.61. The molecule has 1 aromatic heterocycles. The number of carbonyl (C=O) groups is 1. The first-order valence-electron chi connectivity index (χ1n) is 7.87. The lowest BCUT2D eigenvalue weighted by Crippen LogP contribution is -2.14. The van der Waals surface area contributed by atoms with Gasteiger partial charge < -0.3 is 5.32 Å². The Bertz CT molecular complexity index is 876. The predicted molar refractivity (Wildman–Crippen MR) is 89.4 cm³/mol. The Balaban J connectivity index is 1.45. The number of aromatic nitrogens is 2. The summed E-state index contributed by atoms with van der Waals surface area (Å²) in [5.74, 6) is -0.275. The van der Waals surface area contributed by atoms with Crippen molar-refractivity contribution in [2.45, 2.75) is 12.3 Å². The van der Waals surface area contributed by atoms with Crippen LogP contribution in [0.2, 0.25) is 0 Å². The average molecular weight is 321 g/mol. The minimum absolute atomic E-state index is 0.0260. The van der Waals surface area contributed by atoms with Crippen LogP contribution in [0.4, 0.5) is 10.1 Å². The van der Waals surface area contributed by atoms with Crippen LogP contribution < -0.4 is 5.32 Å².